The minimum Gasteiger partial charge on any atom is -0.311 e. The number of benzene rings is 7. The monoisotopic (exact) mass is 809 g/mol. The summed E-state index contributed by atoms with van der Waals surface area (Å²) in [6.07, 6.45) is 0. The average Bonchev–Trinajstić information content (AvgIpc) is 3.14. The fraction of sp³-hybridized carbons (Fsp3) is 0.276. The van der Waals surface area contributed by atoms with Crippen molar-refractivity contribution >= 4 is 80.3 Å². The molecule has 310 valence electrons. The van der Waals surface area contributed by atoms with Crippen LogP contribution in [0.4, 0.5) is 34.1 Å². The van der Waals surface area contributed by atoms with E-state index >= 15 is 0 Å². The van der Waals surface area contributed by atoms with E-state index in [2.05, 4.69) is 206 Å². The highest BCUT2D eigenvalue weighted by Gasteiger charge is 2.44. The molecule has 7 aromatic carbocycles. The van der Waals surface area contributed by atoms with Crippen molar-refractivity contribution in [2.24, 2.45) is 0 Å². The second kappa shape index (κ2) is 15.0. The van der Waals surface area contributed by atoms with E-state index < -0.39 is 0 Å². The number of anilines is 6. The molecule has 0 unspecified atom stereocenters. The third-order valence-corrected chi connectivity index (χ3v) is 14.1. The van der Waals surface area contributed by atoms with Gasteiger partial charge in [-0.1, -0.05) is 145 Å². The molecule has 2 aliphatic rings. The molecule has 2 nitrogen and oxygen atoms in total. The van der Waals surface area contributed by atoms with E-state index in [0.29, 0.717) is 0 Å². The molecule has 2 aliphatic heterocycles. The first-order valence-electron chi connectivity index (χ1n) is 22.7. The van der Waals surface area contributed by atoms with Crippen molar-refractivity contribution in [3.05, 3.63) is 174 Å². The predicted molar refractivity (Wildman–Crippen MR) is 274 cm³/mol. The Labute approximate surface area is 373 Å². The van der Waals surface area contributed by atoms with E-state index in [0.717, 1.165) is 0 Å². The molecule has 0 saturated carbocycles. The van der Waals surface area contributed by atoms with Gasteiger partial charge in [-0.3, -0.25) is 0 Å². The van der Waals surface area contributed by atoms with Gasteiger partial charge in [-0.2, -0.15) is 0 Å². The lowest BCUT2D eigenvalue weighted by Gasteiger charge is -2.44. The fourth-order valence-electron chi connectivity index (χ4n) is 12.5. The molecule has 62 heavy (non-hydrogen) atoms. The Morgan fingerprint density at radius 2 is 0.484 bits per heavy atom. The lowest BCUT2D eigenvalue weighted by atomic mass is 9.30. The van der Waals surface area contributed by atoms with Crippen LogP contribution in [-0.2, 0) is 0 Å². The number of aryl methyl sites for hydroxylation is 16. The zero-order valence-electron chi connectivity index (χ0n) is 40.1. The molecule has 0 spiro atoms. The normalized spacial score (nSPS) is 13.0. The molecule has 7 aromatic rings. The molecule has 0 fully saturated rings. The van der Waals surface area contributed by atoms with Gasteiger partial charge in [-0.25, -0.2) is 0 Å². The van der Waals surface area contributed by atoms with Crippen LogP contribution in [0.2, 0.25) is 0 Å². The summed E-state index contributed by atoms with van der Waals surface area (Å²) < 4.78 is 0. The van der Waals surface area contributed by atoms with Crippen molar-refractivity contribution in [1.29, 1.82) is 0 Å². The van der Waals surface area contributed by atoms with Crippen molar-refractivity contribution in [2.75, 3.05) is 9.80 Å². The van der Waals surface area contributed by atoms with Crippen molar-refractivity contribution in [3.8, 4) is 0 Å². The van der Waals surface area contributed by atoms with Gasteiger partial charge in [0.05, 0.1) is 11.4 Å². The summed E-state index contributed by atoms with van der Waals surface area (Å²) in [6, 6.07) is 34.2. The van der Waals surface area contributed by atoms with E-state index in [1.54, 1.807) is 0 Å². The van der Waals surface area contributed by atoms with Crippen LogP contribution in [0.15, 0.2) is 84.9 Å². The number of rotatable bonds is 4. The van der Waals surface area contributed by atoms with Crippen LogP contribution in [0.25, 0.3) is 0 Å². The lowest BCUT2D eigenvalue weighted by molar-refractivity contribution is 1.17. The molecule has 0 N–H and O–H groups in total. The lowest BCUT2D eigenvalue weighted by Crippen LogP contribution is -2.63. The summed E-state index contributed by atoms with van der Waals surface area (Å²) in [6.45, 7) is 36.8. The molecule has 0 amide bonds. The van der Waals surface area contributed by atoms with Crippen LogP contribution in [0.5, 0.6) is 0 Å². The van der Waals surface area contributed by atoms with Crippen LogP contribution in [0.3, 0.4) is 0 Å². The van der Waals surface area contributed by atoms with Gasteiger partial charge < -0.3 is 9.80 Å². The summed E-state index contributed by atoms with van der Waals surface area (Å²) in [5.74, 6) is 0. The molecule has 2 heterocycles. The van der Waals surface area contributed by atoms with Crippen LogP contribution in [-0.4, -0.2) is 13.4 Å². The van der Waals surface area contributed by atoms with Gasteiger partial charge in [0.1, 0.15) is 0 Å². The summed E-state index contributed by atoms with van der Waals surface area (Å²) in [7, 11) is 0. The molecule has 0 radical (unpaired) electrons. The van der Waals surface area contributed by atoms with Crippen LogP contribution in [0, 0.1) is 111 Å². The number of nitrogens with zero attached hydrogens (tertiary/aromatic N) is 2. The highest BCUT2D eigenvalue weighted by molar-refractivity contribution is 7.01. The largest absolute Gasteiger partial charge is 0.311 e. The molecule has 0 saturated heterocycles. The maximum absolute atomic E-state index is 2.68. The first kappa shape index (κ1) is 41.6. The van der Waals surface area contributed by atoms with Gasteiger partial charge in [0.25, 0.3) is 0 Å². The van der Waals surface area contributed by atoms with Gasteiger partial charge in [0.15, 0.2) is 0 Å². The van der Waals surface area contributed by atoms with E-state index in [1.165, 1.54) is 156 Å². The number of hydrogen-bond acceptors (Lipinski definition) is 2. The Morgan fingerprint density at radius 3 is 0.774 bits per heavy atom. The summed E-state index contributed by atoms with van der Waals surface area (Å²) in [4.78, 5) is 5.34. The highest BCUT2D eigenvalue weighted by Crippen LogP contribution is 2.47. The number of fused-ring (bicyclic) bond motifs is 4. The van der Waals surface area contributed by atoms with E-state index in [1.807, 2.05) is 0 Å². The third-order valence-electron chi connectivity index (χ3n) is 14.1. The minimum absolute atomic E-state index is 0.0320. The van der Waals surface area contributed by atoms with E-state index in [9.17, 15) is 0 Å². The molecule has 9 rings (SSSR count). The van der Waals surface area contributed by atoms with Gasteiger partial charge in [-0.05, 0) is 172 Å². The third kappa shape index (κ3) is 6.47. The summed E-state index contributed by atoms with van der Waals surface area (Å²) in [5, 5.41) is 0. The molecule has 4 heteroatoms. The van der Waals surface area contributed by atoms with Crippen molar-refractivity contribution < 1.29 is 0 Å². The Morgan fingerprint density at radius 1 is 0.242 bits per heavy atom. The van der Waals surface area contributed by atoms with Crippen LogP contribution in [0.1, 0.15) is 89.0 Å². The smallest absolute Gasteiger partial charge is 0.247 e. The second-order valence-electron chi connectivity index (χ2n) is 19.7. The van der Waals surface area contributed by atoms with Crippen molar-refractivity contribution in [1.82, 2.24) is 0 Å². The van der Waals surface area contributed by atoms with Crippen molar-refractivity contribution in [3.63, 3.8) is 0 Å². The highest BCUT2D eigenvalue weighted by atomic mass is 15.2. The first-order valence-corrected chi connectivity index (χ1v) is 22.7. The molecule has 0 aliphatic carbocycles. The molecule has 0 aromatic heterocycles. The van der Waals surface area contributed by atoms with E-state index in [-0.39, 0.29) is 13.4 Å². The Kier molecular flexibility index (Phi) is 10.0. The molecule has 0 atom stereocenters. The zero-order chi connectivity index (χ0) is 44.4. The van der Waals surface area contributed by atoms with Crippen molar-refractivity contribution in [2.45, 2.75) is 111 Å². The predicted octanol–water partition coefficient (Wildman–Crippen LogP) is 11.2. The number of hydrogen-bond donors (Lipinski definition) is 0. The van der Waals surface area contributed by atoms with E-state index in [4.69, 9.17) is 0 Å². The van der Waals surface area contributed by atoms with Crippen LogP contribution < -0.4 is 42.6 Å². The average molecular weight is 809 g/mol. The summed E-state index contributed by atoms with van der Waals surface area (Å²) >= 11 is 0. The fourth-order valence-corrected chi connectivity index (χ4v) is 12.5. The Bertz CT molecular complexity index is 2760. The SMILES string of the molecule is Cc1cc(C)c(B2c3cc4c(cc3N(c3c(C)cc(C)cc3C)c3c(C)cc(C)cc32)N(c2c(C)cc(C)cc2C)c2c(C)cc(C)cc2B4c2c(C)cc(C)cc2C)c(C)c1. The Hall–Kier alpha value is -5.73. The standard InChI is InChI=1S/C58H62B2N2/c1-31-17-37(7)53(38(8)18-31)59-47-29-48-52(30-51(47)61(55-41(11)21-33(3)22-42(55)12)57-45(15)25-35(5)27-49(57)59)62(56-43(13)23-34(4)24-44(56)14)58-46(16)26-36(6)28-50(58)60(48)54-39(9)19-32(2)20-40(54)10/h17-30H,1-16H3. The second-order valence-corrected chi connectivity index (χ2v) is 19.7. The van der Waals surface area contributed by atoms with Gasteiger partial charge in [0, 0.05) is 22.7 Å². The molecule has 0 bridgehead atoms. The minimum atomic E-state index is 0.0320. The molecular weight excluding hydrogens is 746 g/mol. The molecular formula is C58H62B2N2. The van der Waals surface area contributed by atoms with Gasteiger partial charge >= 0.3 is 0 Å². The maximum atomic E-state index is 2.68. The maximum Gasteiger partial charge on any atom is 0.247 e. The summed E-state index contributed by atoms with van der Waals surface area (Å²) in [5.41, 5.74) is 37.0. The zero-order valence-corrected chi connectivity index (χ0v) is 40.1. The van der Waals surface area contributed by atoms with Gasteiger partial charge in [0.2, 0.25) is 13.4 Å². The topological polar surface area (TPSA) is 6.48 Å². The van der Waals surface area contributed by atoms with Crippen LogP contribution >= 0.6 is 0 Å². The Balaban J connectivity index is 1.52. The first-order chi connectivity index (χ1) is 29.3. The van der Waals surface area contributed by atoms with Gasteiger partial charge in [-0.15, -0.1) is 0 Å². The quantitative estimate of drug-likeness (QED) is 0.163.